The van der Waals surface area contributed by atoms with Crippen LogP contribution in [-0.2, 0) is 4.79 Å². The Morgan fingerprint density at radius 2 is 1.64 bits per heavy atom. The molecule has 1 aliphatic rings. The highest BCUT2D eigenvalue weighted by Gasteiger charge is 2.32. The van der Waals surface area contributed by atoms with E-state index in [-0.39, 0.29) is 30.7 Å². The van der Waals surface area contributed by atoms with Crippen molar-refractivity contribution in [3.63, 3.8) is 0 Å². The molecule has 0 saturated heterocycles. The van der Waals surface area contributed by atoms with E-state index in [9.17, 15) is 14.4 Å². The molecule has 0 aromatic heterocycles. The molecule has 3 aromatic carbocycles. The molecular formula is C22H17ClN2O3. The van der Waals surface area contributed by atoms with E-state index in [1.54, 1.807) is 42.5 Å². The number of benzene rings is 3. The van der Waals surface area contributed by atoms with Crippen LogP contribution in [0.1, 0.15) is 32.7 Å². The second-order valence-corrected chi connectivity index (χ2v) is 7.17. The van der Waals surface area contributed by atoms with Crippen molar-refractivity contribution < 1.29 is 14.4 Å². The summed E-state index contributed by atoms with van der Waals surface area (Å²) in [6.07, 6.45) is 0.0116. The quantitative estimate of drug-likeness (QED) is 0.668. The number of anilines is 1. The Bertz CT molecular complexity index is 1090. The minimum Gasteiger partial charge on any atom is -0.326 e. The SMILES string of the molecule is Cc1cc(Cl)ccc1NC(=O)CCN1C(=O)c2cccc3cccc(c23)C1=O. The number of nitrogens with one attached hydrogen (secondary N) is 1. The lowest BCUT2D eigenvalue weighted by atomic mass is 9.94. The summed E-state index contributed by atoms with van der Waals surface area (Å²) in [6.45, 7) is 1.86. The first-order valence-corrected chi connectivity index (χ1v) is 9.27. The highest BCUT2D eigenvalue weighted by molar-refractivity contribution is 6.30. The van der Waals surface area contributed by atoms with Gasteiger partial charge in [-0.1, -0.05) is 35.9 Å². The second kappa shape index (κ2) is 7.09. The Morgan fingerprint density at radius 1 is 1.00 bits per heavy atom. The van der Waals surface area contributed by atoms with Gasteiger partial charge in [-0.25, -0.2) is 0 Å². The van der Waals surface area contributed by atoms with Gasteiger partial charge in [0.1, 0.15) is 0 Å². The first kappa shape index (κ1) is 18.2. The molecule has 1 aliphatic heterocycles. The summed E-state index contributed by atoms with van der Waals surface area (Å²) in [5.74, 6) is -1.02. The van der Waals surface area contributed by atoms with Gasteiger partial charge in [-0.3, -0.25) is 19.3 Å². The molecule has 0 bridgehead atoms. The lowest BCUT2D eigenvalue weighted by molar-refractivity contribution is -0.116. The Balaban J connectivity index is 1.52. The van der Waals surface area contributed by atoms with Crippen LogP contribution in [0.4, 0.5) is 5.69 Å². The summed E-state index contributed by atoms with van der Waals surface area (Å²) >= 11 is 5.93. The van der Waals surface area contributed by atoms with Crippen molar-refractivity contribution in [2.45, 2.75) is 13.3 Å². The third kappa shape index (κ3) is 3.14. The second-order valence-electron chi connectivity index (χ2n) is 6.73. The third-order valence-corrected chi connectivity index (χ3v) is 5.12. The van der Waals surface area contributed by atoms with Crippen molar-refractivity contribution in [3.05, 3.63) is 76.3 Å². The lowest BCUT2D eigenvalue weighted by Crippen LogP contribution is -2.41. The van der Waals surface area contributed by atoms with E-state index in [2.05, 4.69) is 5.32 Å². The fourth-order valence-electron chi connectivity index (χ4n) is 3.48. The van der Waals surface area contributed by atoms with Crippen LogP contribution in [-0.4, -0.2) is 29.2 Å². The van der Waals surface area contributed by atoms with Crippen molar-refractivity contribution in [1.29, 1.82) is 0 Å². The molecule has 1 heterocycles. The molecule has 0 radical (unpaired) electrons. The molecule has 0 fully saturated rings. The van der Waals surface area contributed by atoms with Crippen molar-refractivity contribution >= 4 is 45.8 Å². The van der Waals surface area contributed by atoms with E-state index >= 15 is 0 Å². The molecule has 0 spiro atoms. The summed E-state index contributed by atoms with van der Waals surface area (Å²) in [4.78, 5) is 39.2. The minimum absolute atomic E-state index is 0.0116. The van der Waals surface area contributed by atoms with Gasteiger partial charge in [0.2, 0.25) is 5.91 Å². The van der Waals surface area contributed by atoms with E-state index < -0.39 is 0 Å². The number of carbonyl (C=O) groups is 3. The van der Waals surface area contributed by atoms with Gasteiger partial charge < -0.3 is 5.32 Å². The zero-order chi connectivity index (χ0) is 19.8. The van der Waals surface area contributed by atoms with Crippen molar-refractivity contribution in [1.82, 2.24) is 4.90 Å². The lowest BCUT2D eigenvalue weighted by Gasteiger charge is -2.27. The first-order chi connectivity index (χ1) is 13.5. The maximum atomic E-state index is 12.8. The van der Waals surface area contributed by atoms with Crippen LogP contribution >= 0.6 is 11.6 Å². The summed E-state index contributed by atoms with van der Waals surface area (Å²) < 4.78 is 0. The maximum Gasteiger partial charge on any atom is 0.261 e. The Hall–Kier alpha value is -3.18. The molecule has 1 N–H and O–H groups in total. The monoisotopic (exact) mass is 392 g/mol. The van der Waals surface area contributed by atoms with E-state index in [0.29, 0.717) is 27.2 Å². The average Bonchev–Trinajstić information content (AvgIpc) is 2.68. The number of amides is 3. The zero-order valence-electron chi connectivity index (χ0n) is 15.2. The van der Waals surface area contributed by atoms with E-state index in [4.69, 9.17) is 11.6 Å². The van der Waals surface area contributed by atoms with Crippen molar-refractivity contribution in [2.24, 2.45) is 0 Å². The number of carbonyl (C=O) groups excluding carboxylic acids is 3. The Morgan fingerprint density at radius 3 is 2.25 bits per heavy atom. The number of hydrogen-bond donors (Lipinski definition) is 1. The van der Waals surface area contributed by atoms with Crippen LogP contribution in [0.3, 0.4) is 0 Å². The van der Waals surface area contributed by atoms with Gasteiger partial charge in [-0.15, -0.1) is 0 Å². The molecule has 6 heteroatoms. The number of nitrogens with zero attached hydrogens (tertiary/aromatic N) is 1. The maximum absolute atomic E-state index is 12.8. The normalized spacial score (nSPS) is 13.1. The highest BCUT2D eigenvalue weighted by atomic mass is 35.5. The molecule has 3 amide bonds. The fraction of sp³-hybridized carbons (Fsp3) is 0.136. The van der Waals surface area contributed by atoms with E-state index in [1.165, 1.54) is 0 Å². The largest absolute Gasteiger partial charge is 0.326 e. The molecule has 140 valence electrons. The fourth-order valence-corrected chi connectivity index (χ4v) is 3.70. The van der Waals surface area contributed by atoms with Gasteiger partial charge in [-0.2, -0.15) is 0 Å². The summed E-state index contributed by atoms with van der Waals surface area (Å²) in [5, 5.41) is 4.92. The smallest absolute Gasteiger partial charge is 0.261 e. The van der Waals surface area contributed by atoms with Gasteiger partial charge in [-0.05, 0) is 48.2 Å². The van der Waals surface area contributed by atoms with Gasteiger partial charge in [0.25, 0.3) is 11.8 Å². The third-order valence-electron chi connectivity index (χ3n) is 4.88. The molecule has 0 saturated carbocycles. The molecule has 0 aliphatic carbocycles. The van der Waals surface area contributed by atoms with Crippen LogP contribution < -0.4 is 5.32 Å². The van der Waals surface area contributed by atoms with Gasteiger partial charge in [0, 0.05) is 40.2 Å². The topological polar surface area (TPSA) is 66.5 Å². The number of halogens is 1. The van der Waals surface area contributed by atoms with Gasteiger partial charge >= 0.3 is 0 Å². The van der Waals surface area contributed by atoms with E-state index in [1.807, 2.05) is 19.1 Å². The Kier molecular flexibility index (Phi) is 4.61. The molecule has 0 atom stereocenters. The average molecular weight is 393 g/mol. The number of rotatable bonds is 4. The van der Waals surface area contributed by atoms with Crippen LogP contribution in [0, 0.1) is 6.92 Å². The Labute approximate surface area is 166 Å². The number of hydrogen-bond acceptors (Lipinski definition) is 3. The first-order valence-electron chi connectivity index (χ1n) is 8.89. The van der Waals surface area contributed by atoms with Crippen LogP contribution in [0.25, 0.3) is 10.8 Å². The zero-order valence-corrected chi connectivity index (χ0v) is 15.9. The van der Waals surface area contributed by atoms with Gasteiger partial charge in [0.05, 0.1) is 0 Å². The van der Waals surface area contributed by atoms with Gasteiger partial charge in [0.15, 0.2) is 0 Å². The van der Waals surface area contributed by atoms with Crippen LogP contribution in [0.15, 0.2) is 54.6 Å². The van der Waals surface area contributed by atoms with Crippen molar-refractivity contribution in [3.8, 4) is 0 Å². The predicted molar refractivity (Wildman–Crippen MR) is 109 cm³/mol. The standard InChI is InChI=1S/C22H17ClN2O3/c1-13-12-15(23)8-9-18(13)24-19(26)10-11-25-21(27)16-6-2-4-14-5-3-7-17(20(14)16)22(25)28/h2-9,12H,10-11H2,1H3,(H,24,26). The molecular weight excluding hydrogens is 376 g/mol. The van der Waals surface area contributed by atoms with Crippen LogP contribution in [0.5, 0.6) is 0 Å². The summed E-state index contributed by atoms with van der Waals surface area (Å²) in [7, 11) is 0. The number of aryl methyl sites for hydroxylation is 1. The van der Waals surface area contributed by atoms with Crippen molar-refractivity contribution in [2.75, 3.05) is 11.9 Å². The highest BCUT2D eigenvalue weighted by Crippen LogP contribution is 2.30. The molecule has 4 rings (SSSR count). The minimum atomic E-state index is -0.371. The summed E-state index contributed by atoms with van der Waals surface area (Å²) in [6, 6.07) is 15.9. The predicted octanol–water partition coefficient (Wildman–Crippen LogP) is 4.43. The summed E-state index contributed by atoms with van der Waals surface area (Å²) in [5.41, 5.74) is 2.47. The number of imide groups is 1. The molecule has 3 aromatic rings. The van der Waals surface area contributed by atoms with Crippen LogP contribution in [0.2, 0.25) is 5.02 Å². The molecule has 0 unspecified atom stereocenters. The molecule has 5 nitrogen and oxygen atoms in total. The molecule has 28 heavy (non-hydrogen) atoms. The van der Waals surface area contributed by atoms with E-state index in [0.717, 1.165) is 15.8 Å².